The van der Waals surface area contributed by atoms with Crippen molar-refractivity contribution in [3.05, 3.63) is 21.4 Å². The number of thiophene rings is 1. The van der Waals surface area contributed by atoms with E-state index in [-0.39, 0.29) is 24.8 Å². The maximum Gasteiger partial charge on any atom is 0.252 e. The Morgan fingerprint density at radius 2 is 1.81 bits per heavy atom. The van der Waals surface area contributed by atoms with E-state index in [0.717, 1.165) is 16.9 Å². The second-order valence-electron chi connectivity index (χ2n) is 8.67. The van der Waals surface area contributed by atoms with Gasteiger partial charge in [0.2, 0.25) is 5.92 Å². The molecule has 2 unspecified atom stereocenters. The maximum atomic E-state index is 13.3. The van der Waals surface area contributed by atoms with Crippen LogP contribution in [0, 0.1) is 6.92 Å². The highest BCUT2D eigenvalue weighted by molar-refractivity contribution is 7.12. The van der Waals surface area contributed by atoms with Crippen LogP contribution < -0.4 is 10.6 Å². The Hall–Kier alpha value is -1.01. The van der Waals surface area contributed by atoms with Gasteiger partial charge in [-0.25, -0.2) is 8.78 Å². The van der Waals surface area contributed by atoms with E-state index in [1.54, 1.807) is 11.3 Å². The van der Waals surface area contributed by atoms with E-state index in [0.29, 0.717) is 30.8 Å². The molecular weight excluding hydrogens is 366 g/mol. The average Bonchev–Trinajstić information content (AvgIpc) is 3.29. The summed E-state index contributed by atoms with van der Waals surface area (Å²) in [6, 6.07) is 3.14. The first-order valence-electron chi connectivity index (χ1n) is 10.5. The summed E-state index contributed by atoms with van der Waals surface area (Å²) in [6.45, 7) is 1.99. The molecule has 3 fully saturated rings. The lowest BCUT2D eigenvalue weighted by atomic mass is 9.92. The van der Waals surface area contributed by atoms with E-state index in [4.69, 9.17) is 0 Å². The van der Waals surface area contributed by atoms with Crippen molar-refractivity contribution in [1.82, 2.24) is 10.6 Å². The summed E-state index contributed by atoms with van der Waals surface area (Å²) >= 11 is 1.72. The van der Waals surface area contributed by atoms with Gasteiger partial charge < -0.3 is 10.6 Å². The van der Waals surface area contributed by atoms with Gasteiger partial charge in [0.25, 0.3) is 5.91 Å². The zero-order valence-electron chi connectivity index (χ0n) is 16.0. The molecule has 0 bridgehead atoms. The molecule has 1 aromatic rings. The Morgan fingerprint density at radius 1 is 1.11 bits per heavy atom. The van der Waals surface area contributed by atoms with Crippen molar-refractivity contribution >= 4 is 17.2 Å². The summed E-state index contributed by atoms with van der Waals surface area (Å²) in [5, 5.41) is 6.79. The van der Waals surface area contributed by atoms with E-state index in [2.05, 4.69) is 10.6 Å². The number of amides is 1. The van der Waals surface area contributed by atoms with Crippen molar-refractivity contribution in [3.8, 4) is 0 Å². The number of hydrogen-bond acceptors (Lipinski definition) is 3. The molecule has 2 atom stereocenters. The van der Waals surface area contributed by atoms with Gasteiger partial charge in [0.05, 0.1) is 5.56 Å². The molecule has 1 heterocycles. The predicted molar refractivity (Wildman–Crippen MR) is 105 cm³/mol. The van der Waals surface area contributed by atoms with Crippen molar-refractivity contribution in [2.45, 2.75) is 101 Å². The molecule has 0 radical (unpaired) electrons. The molecule has 2 N–H and O–H groups in total. The molecule has 27 heavy (non-hydrogen) atoms. The van der Waals surface area contributed by atoms with Crippen molar-refractivity contribution in [2.75, 3.05) is 0 Å². The summed E-state index contributed by atoms with van der Waals surface area (Å²) in [4.78, 5) is 15.0. The van der Waals surface area contributed by atoms with Crippen LogP contribution in [0.4, 0.5) is 8.78 Å². The Bertz CT molecular complexity index is 674. The molecule has 6 heteroatoms. The van der Waals surface area contributed by atoms with Crippen LogP contribution in [0.2, 0.25) is 0 Å². The van der Waals surface area contributed by atoms with Crippen LogP contribution in [0.15, 0.2) is 6.07 Å². The van der Waals surface area contributed by atoms with Crippen LogP contribution in [0.1, 0.15) is 90.2 Å². The van der Waals surface area contributed by atoms with Crippen LogP contribution >= 0.6 is 11.3 Å². The van der Waals surface area contributed by atoms with Crippen LogP contribution in [-0.4, -0.2) is 30.0 Å². The zero-order valence-corrected chi connectivity index (χ0v) is 16.8. The van der Waals surface area contributed by atoms with Crippen molar-refractivity contribution in [2.24, 2.45) is 0 Å². The molecule has 0 spiro atoms. The SMILES string of the molecule is Cc1sc(C2CC2NC2CCCCC2)cc1C(=O)NC1CCC(F)(F)CC1. The fraction of sp³-hybridized carbons (Fsp3) is 0.762. The van der Waals surface area contributed by atoms with Crippen LogP contribution in [0.3, 0.4) is 0 Å². The molecule has 3 nitrogen and oxygen atoms in total. The summed E-state index contributed by atoms with van der Waals surface area (Å²) < 4.78 is 26.6. The van der Waals surface area contributed by atoms with Crippen LogP contribution in [0.5, 0.6) is 0 Å². The van der Waals surface area contributed by atoms with Gasteiger partial charge in [-0.05, 0) is 45.1 Å². The number of alkyl halides is 2. The minimum Gasteiger partial charge on any atom is -0.349 e. The third kappa shape index (κ3) is 4.70. The number of carbonyl (C=O) groups excluding carboxylic acids is 1. The number of hydrogen-bond donors (Lipinski definition) is 2. The fourth-order valence-electron chi connectivity index (χ4n) is 4.63. The van der Waals surface area contributed by atoms with Crippen LogP contribution in [-0.2, 0) is 0 Å². The van der Waals surface area contributed by atoms with Gasteiger partial charge in [-0.1, -0.05) is 19.3 Å². The Kier molecular flexibility index (Phi) is 5.57. The van der Waals surface area contributed by atoms with Gasteiger partial charge in [-0.15, -0.1) is 11.3 Å². The van der Waals surface area contributed by atoms with Gasteiger partial charge in [-0.2, -0.15) is 0 Å². The van der Waals surface area contributed by atoms with E-state index in [9.17, 15) is 13.6 Å². The van der Waals surface area contributed by atoms with Crippen molar-refractivity contribution in [3.63, 3.8) is 0 Å². The highest BCUT2D eigenvalue weighted by atomic mass is 32.1. The van der Waals surface area contributed by atoms with E-state index >= 15 is 0 Å². The van der Waals surface area contributed by atoms with E-state index in [1.165, 1.54) is 37.0 Å². The third-order valence-corrected chi connectivity index (χ3v) is 7.63. The average molecular weight is 397 g/mol. The van der Waals surface area contributed by atoms with Crippen molar-refractivity contribution in [1.29, 1.82) is 0 Å². The lowest BCUT2D eigenvalue weighted by molar-refractivity contribution is -0.0399. The molecule has 150 valence electrons. The van der Waals surface area contributed by atoms with Crippen LogP contribution in [0.25, 0.3) is 0 Å². The molecule has 4 rings (SSSR count). The largest absolute Gasteiger partial charge is 0.349 e. The van der Waals surface area contributed by atoms with Gasteiger partial charge in [-0.3, -0.25) is 4.79 Å². The summed E-state index contributed by atoms with van der Waals surface area (Å²) in [6.07, 6.45) is 8.28. The lowest BCUT2D eigenvalue weighted by Crippen LogP contribution is -2.40. The smallest absolute Gasteiger partial charge is 0.252 e. The summed E-state index contributed by atoms with van der Waals surface area (Å²) in [7, 11) is 0. The molecule has 3 aliphatic rings. The Balaban J connectivity index is 1.31. The summed E-state index contributed by atoms with van der Waals surface area (Å²) in [5.74, 6) is -2.12. The normalized spacial score (nSPS) is 28.9. The lowest BCUT2D eigenvalue weighted by Gasteiger charge is -2.28. The Labute approximate surface area is 164 Å². The van der Waals surface area contributed by atoms with E-state index in [1.807, 2.05) is 13.0 Å². The first-order chi connectivity index (χ1) is 12.9. The van der Waals surface area contributed by atoms with E-state index < -0.39 is 5.92 Å². The Morgan fingerprint density at radius 3 is 2.52 bits per heavy atom. The number of nitrogens with one attached hydrogen (secondary N) is 2. The first-order valence-corrected chi connectivity index (χ1v) is 11.3. The number of rotatable bonds is 5. The highest BCUT2D eigenvalue weighted by Crippen LogP contribution is 2.45. The molecule has 3 saturated carbocycles. The molecule has 0 saturated heterocycles. The molecule has 0 aliphatic heterocycles. The first kappa shape index (κ1) is 19.3. The van der Waals surface area contributed by atoms with Crippen molar-refractivity contribution < 1.29 is 13.6 Å². The zero-order chi connectivity index (χ0) is 19.0. The summed E-state index contributed by atoms with van der Waals surface area (Å²) in [5.41, 5.74) is 0.732. The highest BCUT2D eigenvalue weighted by Gasteiger charge is 2.41. The topological polar surface area (TPSA) is 41.1 Å². The molecular formula is C21H30F2N2OS. The fourth-order valence-corrected chi connectivity index (χ4v) is 5.83. The number of halogens is 2. The van der Waals surface area contributed by atoms with Gasteiger partial charge in [0, 0.05) is 46.6 Å². The predicted octanol–water partition coefficient (Wildman–Crippen LogP) is 5.14. The maximum absolute atomic E-state index is 13.3. The molecule has 3 aliphatic carbocycles. The molecule has 1 amide bonds. The standard InChI is InChI=1S/C21H30F2N2OS/c1-13-16(20(26)25-15-7-9-21(22,23)10-8-15)12-19(27-13)17-11-18(17)24-14-5-3-2-4-6-14/h12,14-15,17-18,24H,2-11H2,1H3,(H,25,26). The van der Waals surface area contributed by atoms with Gasteiger partial charge >= 0.3 is 0 Å². The van der Waals surface area contributed by atoms with Gasteiger partial charge in [0.15, 0.2) is 0 Å². The quantitative estimate of drug-likeness (QED) is 0.723. The molecule has 0 aromatic carbocycles. The minimum absolute atomic E-state index is 0.0948. The minimum atomic E-state index is -2.56. The molecule has 1 aromatic heterocycles. The van der Waals surface area contributed by atoms with Gasteiger partial charge in [0.1, 0.15) is 0 Å². The number of carbonyl (C=O) groups is 1. The third-order valence-electron chi connectivity index (χ3n) is 6.44. The second-order valence-corrected chi connectivity index (χ2v) is 9.96. The second kappa shape index (κ2) is 7.78. The number of aryl methyl sites for hydroxylation is 1. The monoisotopic (exact) mass is 396 g/mol.